The summed E-state index contributed by atoms with van der Waals surface area (Å²) in [6, 6.07) is 18.0. The Kier molecular flexibility index (Phi) is 3.85. The van der Waals surface area contributed by atoms with E-state index in [1.54, 1.807) is 11.3 Å². The van der Waals surface area contributed by atoms with Gasteiger partial charge in [0.1, 0.15) is 10.00 Å². The Hall–Kier alpha value is -2.04. The van der Waals surface area contributed by atoms with Crippen LogP contribution in [-0.4, -0.2) is 9.97 Å². The molecular weight excluding hydrogens is 284 g/mol. The molecule has 0 saturated heterocycles. The minimum Gasteiger partial charge on any atom is -0.346 e. The van der Waals surface area contributed by atoms with Crippen molar-refractivity contribution in [1.29, 1.82) is 0 Å². The monoisotopic (exact) mass is 296 g/mol. The average molecular weight is 296 g/mol. The molecule has 0 bridgehead atoms. The largest absolute Gasteiger partial charge is 0.346 e. The lowest BCUT2D eigenvalue weighted by Gasteiger charge is -2.11. The molecule has 2 aromatic carbocycles. The van der Waals surface area contributed by atoms with Crippen LogP contribution in [0.5, 0.6) is 0 Å². The van der Waals surface area contributed by atoms with Crippen molar-refractivity contribution in [1.82, 2.24) is 4.98 Å². The van der Waals surface area contributed by atoms with E-state index in [9.17, 15) is 0 Å². The van der Waals surface area contributed by atoms with Gasteiger partial charge in [0.05, 0.1) is 0 Å². The molecule has 0 aliphatic carbocycles. The van der Waals surface area contributed by atoms with Crippen LogP contribution < -0.4 is 5.32 Å². The third kappa shape index (κ3) is 2.76. The standard InChI is InChI=1S/C16H12N2S2/c19-15(12-6-2-1-3-7-12)18-14-9-5-4-8-13(14)16-17-10-11-20-16/h1-11H,(H,18,19). The molecule has 0 spiro atoms. The molecule has 98 valence electrons. The Morgan fingerprint density at radius 3 is 2.50 bits per heavy atom. The van der Waals surface area contributed by atoms with Gasteiger partial charge in [-0.3, -0.25) is 0 Å². The van der Waals surface area contributed by atoms with E-state index >= 15 is 0 Å². The first-order chi connectivity index (χ1) is 9.84. The van der Waals surface area contributed by atoms with Crippen molar-refractivity contribution in [3.63, 3.8) is 0 Å². The maximum absolute atomic E-state index is 5.46. The molecule has 1 N–H and O–H groups in total. The highest BCUT2D eigenvalue weighted by molar-refractivity contribution is 7.81. The van der Waals surface area contributed by atoms with Crippen molar-refractivity contribution in [2.45, 2.75) is 0 Å². The summed E-state index contributed by atoms with van der Waals surface area (Å²) >= 11 is 7.08. The Balaban J connectivity index is 1.90. The molecule has 0 unspecified atom stereocenters. The van der Waals surface area contributed by atoms with Crippen LogP contribution in [0.25, 0.3) is 10.6 Å². The number of nitrogens with one attached hydrogen (secondary N) is 1. The normalized spacial score (nSPS) is 10.2. The topological polar surface area (TPSA) is 24.9 Å². The molecule has 20 heavy (non-hydrogen) atoms. The maximum Gasteiger partial charge on any atom is 0.125 e. The summed E-state index contributed by atoms with van der Waals surface area (Å²) in [5, 5.41) is 6.28. The molecule has 0 aliphatic rings. The molecular formula is C16H12N2S2. The number of aromatic nitrogens is 1. The van der Waals surface area contributed by atoms with Gasteiger partial charge in [-0.2, -0.15) is 0 Å². The molecule has 4 heteroatoms. The van der Waals surface area contributed by atoms with Gasteiger partial charge in [-0.25, -0.2) is 4.98 Å². The molecule has 2 nitrogen and oxygen atoms in total. The van der Waals surface area contributed by atoms with Crippen molar-refractivity contribution < 1.29 is 0 Å². The molecule has 3 aromatic rings. The summed E-state index contributed by atoms with van der Waals surface area (Å²) in [5.41, 5.74) is 3.06. The molecule has 0 atom stereocenters. The van der Waals surface area contributed by atoms with E-state index < -0.39 is 0 Å². The molecule has 0 radical (unpaired) electrons. The molecule has 1 aromatic heterocycles. The van der Waals surface area contributed by atoms with Gasteiger partial charge in [-0.1, -0.05) is 54.7 Å². The number of rotatable bonds is 3. The molecule has 3 rings (SSSR count). The lowest BCUT2D eigenvalue weighted by Crippen LogP contribution is -2.10. The van der Waals surface area contributed by atoms with Crippen molar-refractivity contribution in [3.05, 3.63) is 71.7 Å². The van der Waals surface area contributed by atoms with Gasteiger partial charge in [0.2, 0.25) is 0 Å². The lowest BCUT2D eigenvalue weighted by atomic mass is 10.1. The minimum absolute atomic E-state index is 0.717. The predicted octanol–water partition coefficient (Wildman–Crippen LogP) is 4.60. The van der Waals surface area contributed by atoms with Crippen LogP contribution in [-0.2, 0) is 0 Å². The number of anilines is 1. The van der Waals surface area contributed by atoms with Gasteiger partial charge in [-0.05, 0) is 12.1 Å². The zero-order chi connectivity index (χ0) is 13.8. The smallest absolute Gasteiger partial charge is 0.125 e. The summed E-state index contributed by atoms with van der Waals surface area (Å²) < 4.78 is 0. The first-order valence-corrected chi connectivity index (χ1v) is 7.49. The molecule has 1 heterocycles. The quantitative estimate of drug-likeness (QED) is 0.715. The second-order valence-electron chi connectivity index (χ2n) is 4.20. The highest BCUT2D eigenvalue weighted by Crippen LogP contribution is 2.29. The van der Waals surface area contributed by atoms with Crippen molar-refractivity contribution in [2.24, 2.45) is 0 Å². The van der Waals surface area contributed by atoms with E-state index in [1.165, 1.54) is 0 Å². The van der Waals surface area contributed by atoms with Gasteiger partial charge in [-0.15, -0.1) is 11.3 Å². The first kappa shape index (κ1) is 13.0. The van der Waals surface area contributed by atoms with Gasteiger partial charge in [0, 0.05) is 28.4 Å². The fourth-order valence-electron chi connectivity index (χ4n) is 1.92. The third-order valence-electron chi connectivity index (χ3n) is 2.87. The summed E-state index contributed by atoms with van der Waals surface area (Å²) in [6.07, 6.45) is 1.81. The zero-order valence-corrected chi connectivity index (χ0v) is 12.2. The number of hydrogen-bond donors (Lipinski definition) is 1. The number of thiocarbonyl (C=S) groups is 1. The van der Waals surface area contributed by atoms with Crippen LogP contribution in [0.4, 0.5) is 5.69 Å². The van der Waals surface area contributed by atoms with Crippen LogP contribution >= 0.6 is 23.6 Å². The zero-order valence-electron chi connectivity index (χ0n) is 10.6. The van der Waals surface area contributed by atoms with E-state index in [4.69, 9.17) is 12.2 Å². The second kappa shape index (κ2) is 5.94. The molecule has 0 amide bonds. The average Bonchev–Trinajstić information content (AvgIpc) is 3.03. The number of nitrogens with zero attached hydrogens (tertiary/aromatic N) is 1. The molecule has 0 saturated carbocycles. The predicted molar refractivity (Wildman–Crippen MR) is 89.3 cm³/mol. The highest BCUT2D eigenvalue weighted by Gasteiger charge is 2.08. The van der Waals surface area contributed by atoms with Crippen LogP contribution in [0.15, 0.2) is 66.2 Å². The molecule has 0 aliphatic heterocycles. The maximum atomic E-state index is 5.46. The van der Waals surface area contributed by atoms with Crippen LogP contribution in [0.1, 0.15) is 5.56 Å². The van der Waals surface area contributed by atoms with E-state index in [0.29, 0.717) is 0 Å². The van der Waals surface area contributed by atoms with Crippen LogP contribution in [0, 0.1) is 0 Å². The van der Waals surface area contributed by atoms with Crippen molar-refractivity contribution in [2.75, 3.05) is 5.32 Å². The third-order valence-corrected chi connectivity index (χ3v) is 4.02. The van der Waals surface area contributed by atoms with E-state index in [1.807, 2.05) is 60.1 Å². The van der Waals surface area contributed by atoms with Crippen LogP contribution in [0.2, 0.25) is 0 Å². The van der Waals surface area contributed by atoms with Gasteiger partial charge in [0.15, 0.2) is 0 Å². The number of thiazole rings is 1. The van der Waals surface area contributed by atoms with Crippen molar-refractivity contribution >= 4 is 34.2 Å². The van der Waals surface area contributed by atoms with E-state index in [2.05, 4.69) is 16.4 Å². The number of para-hydroxylation sites is 1. The Bertz CT molecular complexity index is 706. The SMILES string of the molecule is S=C(Nc1ccccc1-c1nccs1)c1ccccc1. The molecule has 0 fully saturated rings. The minimum atomic E-state index is 0.717. The Labute approximate surface area is 127 Å². The highest BCUT2D eigenvalue weighted by atomic mass is 32.1. The van der Waals surface area contributed by atoms with Gasteiger partial charge in [0.25, 0.3) is 0 Å². The summed E-state index contributed by atoms with van der Waals surface area (Å²) in [4.78, 5) is 5.08. The first-order valence-electron chi connectivity index (χ1n) is 6.20. The lowest BCUT2D eigenvalue weighted by molar-refractivity contribution is 1.41. The summed E-state index contributed by atoms with van der Waals surface area (Å²) in [6.45, 7) is 0. The van der Waals surface area contributed by atoms with Crippen molar-refractivity contribution in [3.8, 4) is 10.6 Å². The second-order valence-corrected chi connectivity index (χ2v) is 5.51. The Morgan fingerprint density at radius 1 is 1.00 bits per heavy atom. The van der Waals surface area contributed by atoms with Gasteiger partial charge < -0.3 is 5.32 Å². The number of benzene rings is 2. The van der Waals surface area contributed by atoms with E-state index in [0.717, 1.165) is 26.8 Å². The fourth-order valence-corrected chi connectivity index (χ4v) is 2.84. The van der Waals surface area contributed by atoms with Gasteiger partial charge >= 0.3 is 0 Å². The van der Waals surface area contributed by atoms with Crippen LogP contribution in [0.3, 0.4) is 0 Å². The summed E-state index contributed by atoms with van der Waals surface area (Å²) in [5.74, 6) is 0. The fraction of sp³-hybridized carbons (Fsp3) is 0. The Morgan fingerprint density at radius 2 is 1.75 bits per heavy atom. The summed E-state index contributed by atoms with van der Waals surface area (Å²) in [7, 11) is 0. The number of hydrogen-bond acceptors (Lipinski definition) is 3. The van der Waals surface area contributed by atoms with E-state index in [-0.39, 0.29) is 0 Å².